The van der Waals surface area contributed by atoms with Gasteiger partial charge in [0.25, 0.3) is 0 Å². The summed E-state index contributed by atoms with van der Waals surface area (Å²) in [5.41, 5.74) is 0.0585. The van der Waals surface area contributed by atoms with E-state index in [1.165, 1.54) is 19.3 Å². The largest absolute Gasteiger partial charge is 0.407 e. The first-order valence-electron chi connectivity index (χ1n) is 6.76. The lowest BCUT2D eigenvalue weighted by atomic mass is 10.1. The van der Waals surface area contributed by atoms with E-state index in [0.717, 1.165) is 5.92 Å². The molecule has 2 unspecified atom stereocenters. The summed E-state index contributed by atoms with van der Waals surface area (Å²) in [6.07, 6.45) is 3.67. The summed E-state index contributed by atoms with van der Waals surface area (Å²) in [5, 5.41) is 14.7. The van der Waals surface area contributed by atoms with Crippen molar-refractivity contribution in [1.82, 2.24) is 15.5 Å². The van der Waals surface area contributed by atoms with Gasteiger partial charge >= 0.3 is 6.01 Å². The molecule has 0 aliphatic heterocycles. The van der Waals surface area contributed by atoms with Gasteiger partial charge in [0.05, 0.1) is 6.54 Å². The molecule has 1 aromatic heterocycles. The lowest BCUT2D eigenvalue weighted by molar-refractivity contribution is 0.383. The van der Waals surface area contributed by atoms with E-state index in [2.05, 4.69) is 48.5 Å². The number of nitrogens with one attached hydrogen (secondary N) is 2. The van der Waals surface area contributed by atoms with E-state index >= 15 is 0 Å². The third-order valence-electron chi connectivity index (χ3n) is 3.26. The quantitative estimate of drug-likeness (QED) is 0.862. The summed E-state index contributed by atoms with van der Waals surface area (Å²) in [4.78, 5) is 0. The lowest BCUT2D eigenvalue weighted by Crippen LogP contribution is -2.35. The van der Waals surface area contributed by atoms with Gasteiger partial charge in [0.1, 0.15) is 0 Å². The molecule has 0 bridgehead atoms. The molecule has 5 nitrogen and oxygen atoms in total. The smallest absolute Gasteiger partial charge is 0.315 e. The van der Waals surface area contributed by atoms with Gasteiger partial charge in [0.15, 0.2) is 0 Å². The van der Waals surface area contributed by atoms with Crippen LogP contribution in [0.4, 0.5) is 6.01 Å². The van der Waals surface area contributed by atoms with E-state index in [0.29, 0.717) is 24.5 Å². The van der Waals surface area contributed by atoms with Gasteiger partial charge in [-0.3, -0.25) is 0 Å². The van der Waals surface area contributed by atoms with Crippen molar-refractivity contribution in [2.45, 2.75) is 65.1 Å². The van der Waals surface area contributed by atoms with Crippen molar-refractivity contribution in [2.24, 2.45) is 5.92 Å². The zero-order valence-corrected chi connectivity index (χ0v) is 11.8. The van der Waals surface area contributed by atoms with Crippen molar-refractivity contribution in [3.8, 4) is 0 Å². The molecule has 1 saturated carbocycles. The highest BCUT2D eigenvalue weighted by molar-refractivity contribution is 5.20. The van der Waals surface area contributed by atoms with Gasteiger partial charge in [-0.25, -0.2) is 0 Å². The van der Waals surface area contributed by atoms with Gasteiger partial charge in [-0.15, -0.1) is 5.10 Å². The summed E-state index contributed by atoms with van der Waals surface area (Å²) in [6, 6.07) is 1.05. The zero-order chi connectivity index (χ0) is 13.2. The van der Waals surface area contributed by atoms with Crippen molar-refractivity contribution < 1.29 is 4.42 Å². The molecule has 18 heavy (non-hydrogen) atoms. The fraction of sp³-hybridized carbons (Fsp3) is 0.846. The van der Waals surface area contributed by atoms with Crippen molar-refractivity contribution >= 4 is 6.01 Å². The number of nitrogens with zero attached hydrogens (tertiary/aromatic N) is 2. The molecule has 102 valence electrons. The Kier molecular flexibility index (Phi) is 3.90. The second-order valence-corrected chi connectivity index (χ2v) is 6.36. The molecule has 0 saturated heterocycles. The van der Waals surface area contributed by atoms with Crippen LogP contribution in [-0.2, 0) is 6.54 Å². The highest BCUT2D eigenvalue weighted by Crippen LogP contribution is 2.27. The first-order valence-corrected chi connectivity index (χ1v) is 6.76. The predicted molar refractivity (Wildman–Crippen MR) is 71.3 cm³/mol. The van der Waals surface area contributed by atoms with E-state index in [-0.39, 0.29) is 5.54 Å². The van der Waals surface area contributed by atoms with Gasteiger partial charge in [-0.1, -0.05) is 12.0 Å². The van der Waals surface area contributed by atoms with Crippen molar-refractivity contribution in [3.63, 3.8) is 0 Å². The molecule has 0 aromatic carbocycles. The number of hydrogen-bond acceptors (Lipinski definition) is 5. The van der Waals surface area contributed by atoms with Crippen LogP contribution in [0.3, 0.4) is 0 Å². The Labute approximate surface area is 109 Å². The molecule has 1 aliphatic carbocycles. The third kappa shape index (κ3) is 3.98. The topological polar surface area (TPSA) is 63.0 Å². The molecule has 2 rings (SSSR count). The minimum absolute atomic E-state index is 0.0585. The van der Waals surface area contributed by atoms with Crippen LogP contribution in [0.15, 0.2) is 4.42 Å². The molecular formula is C13H24N4O. The molecule has 2 atom stereocenters. The summed E-state index contributed by atoms with van der Waals surface area (Å²) in [6.45, 7) is 9.24. The van der Waals surface area contributed by atoms with Crippen molar-refractivity contribution in [1.29, 1.82) is 0 Å². The maximum absolute atomic E-state index is 5.58. The average Bonchev–Trinajstić information content (AvgIpc) is 2.85. The van der Waals surface area contributed by atoms with Gasteiger partial charge in [0.2, 0.25) is 5.89 Å². The van der Waals surface area contributed by atoms with Gasteiger partial charge in [0, 0.05) is 11.6 Å². The van der Waals surface area contributed by atoms with Crippen LogP contribution >= 0.6 is 0 Å². The molecule has 5 heteroatoms. The molecule has 1 aromatic rings. The van der Waals surface area contributed by atoms with Crippen LogP contribution in [0, 0.1) is 5.92 Å². The second-order valence-electron chi connectivity index (χ2n) is 6.36. The van der Waals surface area contributed by atoms with Crippen molar-refractivity contribution in [3.05, 3.63) is 5.89 Å². The van der Waals surface area contributed by atoms with E-state index in [9.17, 15) is 0 Å². The van der Waals surface area contributed by atoms with E-state index in [4.69, 9.17) is 4.42 Å². The Morgan fingerprint density at radius 3 is 2.67 bits per heavy atom. The van der Waals surface area contributed by atoms with E-state index in [1.54, 1.807) is 0 Å². The Balaban J connectivity index is 1.82. The SMILES string of the molecule is CC1CCC(Nc2nnc(CNC(C)(C)C)o2)C1. The number of anilines is 1. The van der Waals surface area contributed by atoms with Gasteiger partial charge < -0.3 is 15.1 Å². The average molecular weight is 252 g/mol. The van der Waals surface area contributed by atoms with E-state index < -0.39 is 0 Å². The van der Waals surface area contributed by atoms with Crippen LogP contribution in [0.1, 0.15) is 52.8 Å². The number of rotatable bonds is 4. The molecular weight excluding hydrogens is 228 g/mol. The number of aromatic nitrogens is 2. The molecule has 0 spiro atoms. The molecule has 0 radical (unpaired) electrons. The number of hydrogen-bond donors (Lipinski definition) is 2. The molecule has 0 amide bonds. The summed E-state index contributed by atoms with van der Waals surface area (Å²) in [5.74, 6) is 1.44. The summed E-state index contributed by atoms with van der Waals surface area (Å²) >= 11 is 0. The van der Waals surface area contributed by atoms with Crippen LogP contribution in [-0.4, -0.2) is 21.8 Å². The zero-order valence-electron chi connectivity index (χ0n) is 11.8. The molecule has 2 N–H and O–H groups in total. The summed E-state index contributed by atoms with van der Waals surface area (Å²) in [7, 11) is 0. The van der Waals surface area contributed by atoms with Gasteiger partial charge in [-0.05, 0) is 46.0 Å². The van der Waals surface area contributed by atoms with Crippen molar-refractivity contribution in [2.75, 3.05) is 5.32 Å². The highest BCUT2D eigenvalue weighted by Gasteiger charge is 2.22. The Morgan fingerprint density at radius 1 is 1.28 bits per heavy atom. The molecule has 1 heterocycles. The first kappa shape index (κ1) is 13.3. The maximum Gasteiger partial charge on any atom is 0.315 e. The van der Waals surface area contributed by atoms with Crippen LogP contribution in [0.5, 0.6) is 0 Å². The minimum atomic E-state index is 0.0585. The maximum atomic E-state index is 5.58. The van der Waals surface area contributed by atoms with Gasteiger partial charge in [-0.2, -0.15) is 0 Å². The van der Waals surface area contributed by atoms with E-state index in [1.807, 2.05) is 0 Å². The Morgan fingerprint density at radius 2 is 2.06 bits per heavy atom. The Bertz CT molecular complexity index is 383. The fourth-order valence-corrected chi connectivity index (χ4v) is 2.24. The van der Waals surface area contributed by atoms with Crippen LogP contribution in [0.2, 0.25) is 0 Å². The fourth-order valence-electron chi connectivity index (χ4n) is 2.24. The Hall–Kier alpha value is -1.10. The standard InChI is InChI=1S/C13H24N4O/c1-9-5-6-10(7-9)15-12-17-16-11(18-12)8-14-13(2,3)4/h9-10,14H,5-8H2,1-4H3,(H,15,17). The summed E-state index contributed by atoms with van der Waals surface area (Å²) < 4.78 is 5.58. The van der Waals surface area contributed by atoms with Crippen LogP contribution in [0.25, 0.3) is 0 Å². The van der Waals surface area contributed by atoms with Crippen LogP contribution < -0.4 is 10.6 Å². The predicted octanol–water partition coefficient (Wildman–Crippen LogP) is 2.56. The minimum Gasteiger partial charge on any atom is -0.407 e. The normalized spacial score (nSPS) is 24.4. The second kappa shape index (κ2) is 5.26. The molecule has 1 fully saturated rings. The first-order chi connectivity index (χ1) is 8.42. The monoisotopic (exact) mass is 252 g/mol. The lowest BCUT2D eigenvalue weighted by Gasteiger charge is -2.18. The third-order valence-corrected chi connectivity index (χ3v) is 3.26. The molecule has 1 aliphatic rings. The highest BCUT2D eigenvalue weighted by atomic mass is 16.4.